The molecule has 2 heteroatoms. The first-order chi connectivity index (χ1) is 6.65. The van der Waals surface area contributed by atoms with Crippen molar-refractivity contribution in [2.45, 2.75) is 40.0 Å². The quantitative estimate of drug-likeness (QED) is 0.714. The zero-order valence-corrected chi connectivity index (χ0v) is 11.3. The first-order valence-electron chi connectivity index (χ1n) is 5.11. The summed E-state index contributed by atoms with van der Waals surface area (Å²) in [4.78, 5) is 2.98. The van der Waals surface area contributed by atoms with Gasteiger partial charge in [0.1, 0.15) is 0 Å². The second-order valence-electron chi connectivity index (χ2n) is 3.97. The Morgan fingerprint density at radius 1 is 1.36 bits per heavy atom. The summed E-state index contributed by atoms with van der Waals surface area (Å²) in [7, 11) is 0. The number of fused-ring (bicyclic) bond motifs is 1. The summed E-state index contributed by atoms with van der Waals surface area (Å²) < 4.78 is 1.35. The van der Waals surface area contributed by atoms with Crippen molar-refractivity contribution in [3.63, 3.8) is 0 Å². The molecule has 0 saturated carbocycles. The zero-order valence-electron chi connectivity index (χ0n) is 8.91. The molecule has 0 bridgehead atoms. The van der Waals surface area contributed by atoms with E-state index in [0.717, 1.165) is 6.42 Å². The summed E-state index contributed by atoms with van der Waals surface area (Å²) in [6.07, 6.45) is 3.65. The SMILES string of the molecule is CCCC1=C(C)Cc2c1sc(C)c2Br. The Morgan fingerprint density at radius 2 is 2.07 bits per heavy atom. The van der Waals surface area contributed by atoms with Gasteiger partial charge < -0.3 is 0 Å². The third-order valence-electron chi connectivity index (χ3n) is 2.83. The van der Waals surface area contributed by atoms with Crippen LogP contribution in [0.15, 0.2) is 10.0 Å². The minimum Gasteiger partial charge on any atom is -0.139 e. The van der Waals surface area contributed by atoms with Crippen molar-refractivity contribution in [2.24, 2.45) is 0 Å². The van der Waals surface area contributed by atoms with Gasteiger partial charge in [0.05, 0.1) is 0 Å². The van der Waals surface area contributed by atoms with E-state index in [-0.39, 0.29) is 0 Å². The number of allylic oxidation sites excluding steroid dienone is 2. The molecule has 1 aromatic rings. The molecule has 1 aliphatic rings. The van der Waals surface area contributed by atoms with Crippen molar-refractivity contribution in [1.82, 2.24) is 0 Å². The lowest BCUT2D eigenvalue weighted by molar-refractivity contribution is 0.971. The van der Waals surface area contributed by atoms with Gasteiger partial charge in [-0.25, -0.2) is 0 Å². The second-order valence-corrected chi connectivity index (χ2v) is 5.98. The van der Waals surface area contributed by atoms with Gasteiger partial charge in [-0.15, -0.1) is 11.3 Å². The van der Waals surface area contributed by atoms with Gasteiger partial charge in [0, 0.05) is 14.2 Å². The lowest BCUT2D eigenvalue weighted by Crippen LogP contribution is -1.80. The maximum Gasteiger partial charge on any atom is 0.0353 e. The Kier molecular flexibility index (Phi) is 2.85. The smallest absolute Gasteiger partial charge is 0.0353 e. The average molecular weight is 271 g/mol. The van der Waals surface area contributed by atoms with Crippen molar-refractivity contribution in [3.8, 4) is 0 Å². The van der Waals surface area contributed by atoms with Gasteiger partial charge in [0.2, 0.25) is 0 Å². The molecule has 0 nitrogen and oxygen atoms in total. The van der Waals surface area contributed by atoms with Crippen LogP contribution in [-0.2, 0) is 6.42 Å². The molecule has 14 heavy (non-hydrogen) atoms. The first kappa shape index (κ1) is 10.4. The maximum absolute atomic E-state index is 3.69. The molecule has 0 fully saturated rings. The van der Waals surface area contributed by atoms with Crippen molar-refractivity contribution in [3.05, 3.63) is 25.4 Å². The highest BCUT2D eigenvalue weighted by atomic mass is 79.9. The molecule has 76 valence electrons. The van der Waals surface area contributed by atoms with Crippen LogP contribution in [0.3, 0.4) is 0 Å². The van der Waals surface area contributed by atoms with Crippen molar-refractivity contribution < 1.29 is 0 Å². The van der Waals surface area contributed by atoms with Gasteiger partial charge in [0.15, 0.2) is 0 Å². The zero-order chi connectivity index (χ0) is 10.3. The van der Waals surface area contributed by atoms with Gasteiger partial charge in [-0.3, -0.25) is 0 Å². The lowest BCUT2D eigenvalue weighted by Gasteiger charge is -2.01. The van der Waals surface area contributed by atoms with Crippen LogP contribution in [-0.4, -0.2) is 0 Å². The Balaban J connectivity index is 2.46. The Hall–Kier alpha value is -0.0800. The minimum atomic E-state index is 1.16. The summed E-state index contributed by atoms with van der Waals surface area (Å²) in [6.45, 7) is 6.74. The summed E-state index contributed by atoms with van der Waals surface area (Å²) in [5.41, 5.74) is 4.73. The average Bonchev–Trinajstić information content (AvgIpc) is 2.57. The molecule has 0 radical (unpaired) electrons. The molecular weight excluding hydrogens is 256 g/mol. The van der Waals surface area contributed by atoms with Crippen LogP contribution in [0.25, 0.3) is 5.57 Å². The highest BCUT2D eigenvalue weighted by Gasteiger charge is 2.23. The highest BCUT2D eigenvalue weighted by Crippen LogP contribution is 2.45. The predicted molar refractivity (Wildman–Crippen MR) is 68.0 cm³/mol. The third-order valence-corrected chi connectivity index (χ3v) is 5.38. The largest absolute Gasteiger partial charge is 0.139 e. The van der Waals surface area contributed by atoms with Crippen LogP contribution in [0.4, 0.5) is 0 Å². The van der Waals surface area contributed by atoms with Gasteiger partial charge >= 0.3 is 0 Å². The lowest BCUT2D eigenvalue weighted by atomic mass is 10.1. The molecule has 1 aliphatic carbocycles. The van der Waals surface area contributed by atoms with E-state index >= 15 is 0 Å². The normalized spacial score (nSPS) is 15.1. The molecule has 0 unspecified atom stereocenters. The fourth-order valence-electron chi connectivity index (χ4n) is 2.12. The maximum atomic E-state index is 3.69. The van der Waals surface area contributed by atoms with E-state index in [1.165, 1.54) is 27.8 Å². The van der Waals surface area contributed by atoms with Gasteiger partial charge in [0.25, 0.3) is 0 Å². The van der Waals surface area contributed by atoms with E-state index in [4.69, 9.17) is 0 Å². The molecular formula is C12H15BrS. The van der Waals surface area contributed by atoms with Crippen molar-refractivity contribution >= 4 is 32.8 Å². The monoisotopic (exact) mass is 270 g/mol. The number of halogens is 1. The van der Waals surface area contributed by atoms with Crippen molar-refractivity contribution in [1.29, 1.82) is 0 Å². The van der Waals surface area contributed by atoms with Crippen LogP contribution in [0.2, 0.25) is 0 Å². The van der Waals surface area contributed by atoms with Crippen LogP contribution >= 0.6 is 27.3 Å². The minimum absolute atomic E-state index is 1.16. The molecule has 0 saturated heterocycles. The fraction of sp³-hybridized carbons (Fsp3) is 0.500. The van der Waals surface area contributed by atoms with Crippen molar-refractivity contribution in [2.75, 3.05) is 0 Å². The van der Waals surface area contributed by atoms with Crippen LogP contribution < -0.4 is 0 Å². The predicted octanol–water partition coefficient (Wildman–Crippen LogP) is 4.95. The molecule has 0 spiro atoms. The fourth-order valence-corrected chi connectivity index (χ4v) is 4.04. The molecule has 1 heterocycles. The molecule has 0 aromatic carbocycles. The molecule has 1 aromatic heterocycles. The van der Waals surface area contributed by atoms with Gasteiger partial charge in [-0.05, 0) is 53.8 Å². The van der Waals surface area contributed by atoms with E-state index < -0.39 is 0 Å². The Bertz CT molecular complexity index is 399. The number of thiophene rings is 1. The molecule has 0 atom stereocenters. The van der Waals surface area contributed by atoms with Gasteiger partial charge in [-0.2, -0.15) is 0 Å². The number of aryl methyl sites for hydroxylation is 1. The van der Waals surface area contributed by atoms with E-state index in [0.29, 0.717) is 0 Å². The number of hydrogen-bond acceptors (Lipinski definition) is 1. The van der Waals surface area contributed by atoms with Crippen LogP contribution in [0.1, 0.15) is 42.0 Å². The van der Waals surface area contributed by atoms with Gasteiger partial charge in [-0.1, -0.05) is 18.9 Å². The molecule has 2 rings (SSSR count). The molecule has 0 N–H and O–H groups in total. The van der Waals surface area contributed by atoms with Crippen LogP contribution in [0.5, 0.6) is 0 Å². The van der Waals surface area contributed by atoms with Crippen LogP contribution in [0, 0.1) is 6.92 Å². The van der Waals surface area contributed by atoms with E-state index in [9.17, 15) is 0 Å². The van der Waals surface area contributed by atoms with E-state index in [2.05, 4.69) is 36.7 Å². The second kappa shape index (κ2) is 3.82. The summed E-state index contributed by atoms with van der Waals surface area (Å²) in [6, 6.07) is 0. The number of hydrogen-bond donors (Lipinski definition) is 0. The third kappa shape index (κ3) is 1.49. The summed E-state index contributed by atoms with van der Waals surface area (Å²) in [5, 5.41) is 0. The molecule has 0 aliphatic heterocycles. The summed E-state index contributed by atoms with van der Waals surface area (Å²) >= 11 is 5.64. The topological polar surface area (TPSA) is 0 Å². The number of rotatable bonds is 2. The standard InChI is InChI=1S/C12H15BrS/c1-4-5-9-7(2)6-10-11(13)8(3)14-12(9)10/h4-6H2,1-3H3. The summed E-state index contributed by atoms with van der Waals surface area (Å²) in [5.74, 6) is 0. The van der Waals surface area contributed by atoms with E-state index in [1.54, 1.807) is 16.0 Å². The Morgan fingerprint density at radius 3 is 2.71 bits per heavy atom. The first-order valence-corrected chi connectivity index (χ1v) is 6.72. The molecule has 0 amide bonds. The Labute approximate surface area is 98.2 Å². The highest BCUT2D eigenvalue weighted by molar-refractivity contribution is 9.10. The van der Waals surface area contributed by atoms with E-state index in [1.807, 2.05) is 11.3 Å².